The van der Waals surface area contributed by atoms with Gasteiger partial charge >= 0.3 is 0 Å². The molecule has 1 aromatic carbocycles. The topological polar surface area (TPSA) is 49.9 Å². The molecule has 29 heavy (non-hydrogen) atoms. The summed E-state index contributed by atoms with van der Waals surface area (Å²) >= 11 is 5.88. The largest absolute Gasteiger partial charge is 0.378 e. The summed E-state index contributed by atoms with van der Waals surface area (Å²) in [6.07, 6.45) is 8.63. The summed E-state index contributed by atoms with van der Waals surface area (Å²) in [5, 5.41) is 0.538. The van der Waals surface area contributed by atoms with E-state index in [0.717, 1.165) is 51.8 Å². The highest BCUT2D eigenvalue weighted by Gasteiger charge is 2.31. The second-order valence-electron chi connectivity index (χ2n) is 8.14. The van der Waals surface area contributed by atoms with Crippen molar-refractivity contribution < 1.29 is 13.2 Å². The molecule has 1 aromatic rings. The number of benzene rings is 1. The second kappa shape index (κ2) is 12.3. The number of nitrogens with zero attached hydrogens (tertiary/aromatic N) is 2. The SMILES string of the molecule is CCCCCN(C)CCCOC1CCC(N(C)S(=O)(=O)c2ccc(Cl)cc2)CC1. The predicted molar refractivity (Wildman–Crippen MR) is 120 cm³/mol. The molecular weight excluding hydrogens is 408 g/mol. The van der Waals surface area contributed by atoms with E-state index in [1.807, 2.05) is 0 Å². The number of sulfonamides is 1. The molecule has 0 amide bonds. The van der Waals surface area contributed by atoms with E-state index in [2.05, 4.69) is 18.9 Å². The van der Waals surface area contributed by atoms with E-state index in [4.69, 9.17) is 16.3 Å². The molecule has 1 aliphatic carbocycles. The maximum absolute atomic E-state index is 12.8. The molecule has 0 spiro atoms. The van der Waals surface area contributed by atoms with Crippen LogP contribution in [0.15, 0.2) is 29.2 Å². The van der Waals surface area contributed by atoms with E-state index in [9.17, 15) is 8.42 Å². The summed E-state index contributed by atoms with van der Waals surface area (Å²) < 4.78 is 33.3. The first-order valence-corrected chi connectivity index (χ1v) is 12.7. The van der Waals surface area contributed by atoms with Crippen LogP contribution in [0.5, 0.6) is 0 Å². The fourth-order valence-electron chi connectivity index (χ4n) is 3.87. The Morgan fingerprint density at radius 2 is 1.62 bits per heavy atom. The predicted octanol–water partition coefficient (Wildman–Crippen LogP) is 4.80. The van der Waals surface area contributed by atoms with E-state index in [1.165, 1.54) is 23.6 Å². The van der Waals surface area contributed by atoms with Gasteiger partial charge < -0.3 is 9.64 Å². The zero-order chi connectivity index (χ0) is 21.3. The van der Waals surface area contributed by atoms with Crippen molar-refractivity contribution in [3.63, 3.8) is 0 Å². The van der Waals surface area contributed by atoms with Crippen molar-refractivity contribution in [1.82, 2.24) is 9.21 Å². The van der Waals surface area contributed by atoms with Crippen LogP contribution in [0, 0.1) is 0 Å². The summed E-state index contributed by atoms with van der Waals surface area (Å²) in [7, 11) is 0.378. The Bertz CT molecular complexity index is 689. The molecule has 0 atom stereocenters. The number of halogens is 1. The Hall–Kier alpha value is -0.660. The van der Waals surface area contributed by atoms with Gasteiger partial charge in [-0.2, -0.15) is 4.31 Å². The van der Waals surface area contributed by atoms with Crippen molar-refractivity contribution in [3.05, 3.63) is 29.3 Å². The third kappa shape index (κ3) is 7.83. The zero-order valence-electron chi connectivity index (χ0n) is 18.1. The van der Waals surface area contributed by atoms with Crippen molar-refractivity contribution in [1.29, 1.82) is 0 Å². The molecule has 0 aromatic heterocycles. The normalized spacial score (nSPS) is 20.5. The minimum absolute atomic E-state index is 0.0280. The lowest BCUT2D eigenvalue weighted by Crippen LogP contribution is -2.40. The molecule has 0 saturated heterocycles. The zero-order valence-corrected chi connectivity index (χ0v) is 19.7. The van der Waals surface area contributed by atoms with Crippen LogP contribution in [0.25, 0.3) is 0 Å². The van der Waals surface area contributed by atoms with Gasteiger partial charge in [-0.1, -0.05) is 31.4 Å². The summed E-state index contributed by atoms with van der Waals surface area (Å²) in [6, 6.07) is 6.41. The summed E-state index contributed by atoms with van der Waals surface area (Å²) in [5.74, 6) is 0. The number of hydrogen-bond acceptors (Lipinski definition) is 4. The molecule has 0 N–H and O–H groups in total. The lowest BCUT2D eigenvalue weighted by atomic mass is 9.93. The van der Waals surface area contributed by atoms with Crippen molar-refractivity contribution >= 4 is 21.6 Å². The van der Waals surface area contributed by atoms with Crippen LogP contribution in [0.4, 0.5) is 0 Å². The van der Waals surface area contributed by atoms with E-state index in [-0.39, 0.29) is 12.1 Å². The fourth-order valence-corrected chi connectivity index (χ4v) is 5.41. The van der Waals surface area contributed by atoms with Crippen LogP contribution in [0.2, 0.25) is 5.02 Å². The fraction of sp³-hybridized carbons (Fsp3) is 0.727. The average molecular weight is 445 g/mol. The van der Waals surface area contributed by atoms with Gasteiger partial charge in [0.05, 0.1) is 11.0 Å². The molecule has 7 heteroatoms. The second-order valence-corrected chi connectivity index (χ2v) is 10.6. The molecule has 0 radical (unpaired) electrons. The molecule has 0 aliphatic heterocycles. The molecule has 0 bridgehead atoms. The minimum atomic E-state index is -3.48. The van der Waals surface area contributed by atoms with E-state index < -0.39 is 10.0 Å². The molecule has 2 rings (SSSR count). The number of ether oxygens (including phenoxy) is 1. The maximum atomic E-state index is 12.8. The standard InChI is InChI=1S/C22H37ClN2O3S/c1-4-5-6-16-24(2)17-7-18-28-21-12-10-20(11-13-21)25(3)29(26,27)22-14-8-19(23)9-15-22/h8-9,14-15,20-21H,4-7,10-13,16-18H2,1-3H3. The molecule has 0 unspecified atom stereocenters. The lowest BCUT2D eigenvalue weighted by Gasteiger charge is -2.34. The van der Waals surface area contributed by atoms with Crippen LogP contribution < -0.4 is 0 Å². The molecular formula is C22H37ClN2O3S. The third-order valence-corrected chi connectivity index (χ3v) is 8.01. The third-order valence-electron chi connectivity index (χ3n) is 5.83. The van der Waals surface area contributed by atoms with Gasteiger partial charge in [0.2, 0.25) is 10.0 Å². The Balaban J connectivity index is 1.70. The van der Waals surface area contributed by atoms with E-state index in [0.29, 0.717) is 9.92 Å². The average Bonchev–Trinajstić information content (AvgIpc) is 2.71. The van der Waals surface area contributed by atoms with Crippen LogP contribution >= 0.6 is 11.6 Å². The lowest BCUT2D eigenvalue weighted by molar-refractivity contribution is 0.0140. The van der Waals surface area contributed by atoms with Crippen molar-refractivity contribution in [2.45, 2.75) is 75.3 Å². The van der Waals surface area contributed by atoms with Crippen molar-refractivity contribution in [2.75, 3.05) is 33.8 Å². The van der Waals surface area contributed by atoms with Crippen LogP contribution in [0.3, 0.4) is 0 Å². The first-order valence-electron chi connectivity index (χ1n) is 10.9. The van der Waals surface area contributed by atoms with Gasteiger partial charge in [0.25, 0.3) is 0 Å². The number of unbranched alkanes of at least 4 members (excludes halogenated alkanes) is 2. The number of rotatable bonds is 12. The molecule has 1 fully saturated rings. The van der Waals surface area contributed by atoms with E-state index >= 15 is 0 Å². The van der Waals surface area contributed by atoms with Gasteiger partial charge in [0.1, 0.15) is 0 Å². The van der Waals surface area contributed by atoms with Crippen molar-refractivity contribution in [3.8, 4) is 0 Å². The van der Waals surface area contributed by atoms with Gasteiger partial charge in [-0.25, -0.2) is 8.42 Å². The van der Waals surface area contributed by atoms with Crippen molar-refractivity contribution in [2.24, 2.45) is 0 Å². The molecule has 1 aliphatic rings. The highest BCUT2D eigenvalue weighted by atomic mass is 35.5. The summed E-state index contributed by atoms with van der Waals surface area (Å²) in [4.78, 5) is 2.68. The number of hydrogen-bond donors (Lipinski definition) is 0. The minimum Gasteiger partial charge on any atom is -0.378 e. The Morgan fingerprint density at radius 3 is 2.24 bits per heavy atom. The monoisotopic (exact) mass is 444 g/mol. The van der Waals surface area contributed by atoms with Gasteiger partial charge in [0, 0.05) is 31.3 Å². The van der Waals surface area contributed by atoms with Gasteiger partial charge in [-0.3, -0.25) is 0 Å². The molecule has 0 heterocycles. The summed E-state index contributed by atoms with van der Waals surface area (Å²) in [6.45, 7) is 5.24. The van der Waals surface area contributed by atoms with E-state index in [1.54, 1.807) is 31.3 Å². The Labute approximate surface area is 182 Å². The summed E-state index contributed by atoms with van der Waals surface area (Å²) in [5.41, 5.74) is 0. The van der Waals surface area contributed by atoms with Crippen LogP contribution in [0.1, 0.15) is 58.3 Å². The quantitative estimate of drug-likeness (QED) is 0.434. The molecule has 1 saturated carbocycles. The Kier molecular flexibility index (Phi) is 10.4. The smallest absolute Gasteiger partial charge is 0.243 e. The highest BCUT2D eigenvalue weighted by molar-refractivity contribution is 7.89. The first-order chi connectivity index (χ1) is 13.8. The van der Waals surface area contributed by atoms with Gasteiger partial charge in [0.15, 0.2) is 0 Å². The van der Waals surface area contributed by atoms with Gasteiger partial charge in [-0.05, 0) is 76.4 Å². The van der Waals surface area contributed by atoms with Crippen LogP contribution in [-0.4, -0.2) is 63.6 Å². The first kappa shape index (κ1) is 24.6. The molecule has 5 nitrogen and oxygen atoms in total. The van der Waals surface area contributed by atoms with Crippen LogP contribution in [-0.2, 0) is 14.8 Å². The molecule has 166 valence electrons. The highest BCUT2D eigenvalue weighted by Crippen LogP contribution is 2.28. The maximum Gasteiger partial charge on any atom is 0.243 e. The Morgan fingerprint density at radius 1 is 1.00 bits per heavy atom. The van der Waals surface area contributed by atoms with Gasteiger partial charge in [-0.15, -0.1) is 0 Å².